The van der Waals surface area contributed by atoms with E-state index in [0.29, 0.717) is 6.42 Å². The smallest absolute Gasteiger partial charge is 0.326 e. The molecule has 0 rings (SSSR count). The van der Waals surface area contributed by atoms with Crippen LogP contribution in [0.2, 0.25) is 0 Å². The first-order valence-corrected chi connectivity index (χ1v) is 7.28. The molecule has 6 nitrogen and oxygen atoms in total. The molecule has 7 heteroatoms. The Labute approximate surface area is 101 Å². The lowest BCUT2D eigenvalue weighted by molar-refractivity contribution is -0.143. The van der Waals surface area contributed by atoms with E-state index < -0.39 is 33.5 Å². The Balaban J connectivity index is 4.58. The minimum absolute atomic E-state index is 0.137. The average molecular weight is 265 g/mol. The van der Waals surface area contributed by atoms with Gasteiger partial charge in [0.2, 0.25) is 5.91 Å². The van der Waals surface area contributed by atoms with Gasteiger partial charge >= 0.3 is 5.97 Å². The van der Waals surface area contributed by atoms with Crippen LogP contribution in [0.5, 0.6) is 0 Å². The normalized spacial score (nSPS) is 15.0. The first kappa shape index (κ1) is 15.9. The summed E-state index contributed by atoms with van der Waals surface area (Å²) in [7, 11) is -3.43. The average Bonchev–Trinajstić information content (AvgIpc) is 2.24. The standard InChI is InChI=1S/C10H19NO5S/c1-4-7(3)9(10(13)14)11-8(12)6-17(15,16)5-2/h7,9H,4-6H2,1-3H3,(H,11,12)(H,13,14)/t7-,9-/m0/s1. The molecule has 0 aromatic carbocycles. The highest BCUT2D eigenvalue weighted by molar-refractivity contribution is 7.92. The van der Waals surface area contributed by atoms with E-state index in [-0.39, 0.29) is 11.7 Å². The number of carbonyl (C=O) groups excluding carboxylic acids is 1. The fourth-order valence-electron chi connectivity index (χ4n) is 1.20. The van der Waals surface area contributed by atoms with Crippen molar-refractivity contribution in [1.29, 1.82) is 0 Å². The van der Waals surface area contributed by atoms with Crippen LogP contribution in [-0.4, -0.2) is 42.9 Å². The van der Waals surface area contributed by atoms with Crippen LogP contribution < -0.4 is 5.32 Å². The first-order valence-electron chi connectivity index (χ1n) is 5.46. The second kappa shape index (κ2) is 6.58. The number of sulfone groups is 1. The summed E-state index contributed by atoms with van der Waals surface area (Å²) in [5.41, 5.74) is 0. The van der Waals surface area contributed by atoms with Crippen molar-refractivity contribution in [2.75, 3.05) is 11.5 Å². The molecule has 2 N–H and O–H groups in total. The van der Waals surface area contributed by atoms with E-state index in [9.17, 15) is 18.0 Å². The number of hydrogen-bond donors (Lipinski definition) is 2. The molecule has 1 amide bonds. The summed E-state index contributed by atoms with van der Waals surface area (Å²) < 4.78 is 22.4. The molecule has 0 heterocycles. The highest BCUT2D eigenvalue weighted by atomic mass is 32.2. The fraction of sp³-hybridized carbons (Fsp3) is 0.800. The lowest BCUT2D eigenvalue weighted by Crippen LogP contribution is -2.47. The second-order valence-electron chi connectivity index (χ2n) is 3.95. The SMILES string of the molecule is CC[C@H](C)[C@H](NC(=O)CS(=O)(=O)CC)C(=O)O. The maximum atomic E-state index is 11.4. The molecule has 0 radical (unpaired) electrons. The van der Waals surface area contributed by atoms with Gasteiger partial charge in [0, 0.05) is 5.75 Å². The van der Waals surface area contributed by atoms with E-state index in [0.717, 1.165) is 0 Å². The molecule has 0 aliphatic rings. The molecule has 0 aliphatic carbocycles. The molecular formula is C10H19NO5S. The van der Waals surface area contributed by atoms with Gasteiger partial charge in [-0.05, 0) is 5.92 Å². The molecular weight excluding hydrogens is 246 g/mol. The van der Waals surface area contributed by atoms with Crippen LogP contribution in [0, 0.1) is 5.92 Å². The third-order valence-electron chi connectivity index (χ3n) is 2.59. The van der Waals surface area contributed by atoms with E-state index in [2.05, 4.69) is 5.32 Å². The number of amides is 1. The highest BCUT2D eigenvalue weighted by Gasteiger charge is 2.26. The van der Waals surface area contributed by atoms with Crippen LogP contribution in [0.3, 0.4) is 0 Å². The van der Waals surface area contributed by atoms with Gasteiger partial charge in [0.15, 0.2) is 9.84 Å². The Hall–Kier alpha value is -1.11. The van der Waals surface area contributed by atoms with Crippen molar-refractivity contribution >= 4 is 21.7 Å². The highest BCUT2D eigenvalue weighted by Crippen LogP contribution is 2.08. The van der Waals surface area contributed by atoms with E-state index in [1.165, 1.54) is 6.92 Å². The molecule has 100 valence electrons. The predicted octanol–water partition coefficient (Wildman–Crippen LogP) is 0.0366. The molecule has 0 aromatic heterocycles. The Morgan fingerprint density at radius 2 is 1.82 bits per heavy atom. The van der Waals surface area contributed by atoms with Gasteiger partial charge in [-0.25, -0.2) is 13.2 Å². The number of carboxylic acid groups (broad SMARTS) is 1. The van der Waals surface area contributed by atoms with Crippen molar-refractivity contribution in [1.82, 2.24) is 5.32 Å². The molecule has 0 saturated heterocycles. The maximum absolute atomic E-state index is 11.4. The van der Waals surface area contributed by atoms with E-state index in [1.807, 2.05) is 0 Å². The van der Waals surface area contributed by atoms with E-state index in [4.69, 9.17) is 5.11 Å². The van der Waals surface area contributed by atoms with Crippen molar-refractivity contribution in [2.24, 2.45) is 5.92 Å². The second-order valence-corrected chi connectivity index (χ2v) is 6.30. The fourth-order valence-corrected chi connectivity index (χ4v) is 1.89. The van der Waals surface area contributed by atoms with Gasteiger partial charge in [0.1, 0.15) is 11.8 Å². The summed E-state index contributed by atoms with van der Waals surface area (Å²) in [6.45, 7) is 4.93. The van der Waals surface area contributed by atoms with Gasteiger partial charge in [-0.1, -0.05) is 27.2 Å². The molecule has 0 unspecified atom stereocenters. The summed E-state index contributed by atoms with van der Waals surface area (Å²) in [4.78, 5) is 22.3. The summed E-state index contributed by atoms with van der Waals surface area (Å²) in [5.74, 6) is -2.97. The van der Waals surface area contributed by atoms with Crippen molar-refractivity contribution in [3.8, 4) is 0 Å². The largest absolute Gasteiger partial charge is 0.480 e. The first-order chi connectivity index (χ1) is 7.73. The number of nitrogens with one attached hydrogen (secondary N) is 1. The summed E-state index contributed by atoms with van der Waals surface area (Å²) in [6, 6.07) is -1.04. The van der Waals surface area contributed by atoms with Crippen LogP contribution in [0.1, 0.15) is 27.2 Å². The third-order valence-corrected chi connectivity index (χ3v) is 4.17. The summed E-state index contributed by atoms with van der Waals surface area (Å²) >= 11 is 0. The van der Waals surface area contributed by atoms with Crippen molar-refractivity contribution in [3.05, 3.63) is 0 Å². The Morgan fingerprint density at radius 1 is 1.29 bits per heavy atom. The van der Waals surface area contributed by atoms with Crippen LogP contribution in [-0.2, 0) is 19.4 Å². The lowest BCUT2D eigenvalue weighted by Gasteiger charge is -2.19. The minimum atomic E-state index is -3.43. The van der Waals surface area contributed by atoms with Gasteiger partial charge < -0.3 is 10.4 Å². The van der Waals surface area contributed by atoms with Crippen molar-refractivity contribution in [3.63, 3.8) is 0 Å². The van der Waals surface area contributed by atoms with Crippen molar-refractivity contribution < 1.29 is 23.1 Å². The molecule has 0 saturated carbocycles. The molecule has 0 spiro atoms. The maximum Gasteiger partial charge on any atom is 0.326 e. The quantitative estimate of drug-likeness (QED) is 0.676. The van der Waals surface area contributed by atoms with Crippen molar-refractivity contribution in [2.45, 2.75) is 33.2 Å². The molecule has 17 heavy (non-hydrogen) atoms. The van der Waals surface area contributed by atoms with Gasteiger partial charge in [0.05, 0.1) is 0 Å². The lowest BCUT2D eigenvalue weighted by atomic mass is 9.99. The Bertz CT molecular complexity index is 376. The zero-order valence-corrected chi connectivity index (χ0v) is 11.1. The summed E-state index contributed by atoms with van der Waals surface area (Å²) in [6.07, 6.45) is 0.581. The van der Waals surface area contributed by atoms with E-state index >= 15 is 0 Å². The molecule has 0 aliphatic heterocycles. The zero-order chi connectivity index (χ0) is 13.6. The van der Waals surface area contributed by atoms with E-state index in [1.54, 1.807) is 13.8 Å². The van der Waals surface area contributed by atoms with Gasteiger partial charge in [-0.2, -0.15) is 0 Å². The number of carboxylic acids is 1. The van der Waals surface area contributed by atoms with Crippen LogP contribution in [0.4, 0.5) is 0 Å². The minimum Gasteiger partial charge on any atom is -0.480 e. The molecule has 0 aromatic rings. The van der Waals surface area contributed by atoms with Gasteiger partial charge in [-0.15, -0.1) is 0 Å². The summed E-state index contributed by atoms with van der Waals surface area (Å²) in [5, 5.41) is 11.2. The predicted molar refractivity (Wildman–Crippen MR) is 63.3 cm³/mol. The van der Waals surface area contributed by atoms with Crippen LogP contribution in [0.15, 0.2) is 0 Å². The number of hydrogen-bond acceptors (Lipinski definition) is 4. The van der Waals surface area contributed by atoms with Crippen LogP contribution >= 0.6 is 0 Å². The Kier molecular flexibility index (Phi) is 6.15. The number of aliphatic carboxylic acids is 1. The third kappa shape index (κ3) is 5.67. The van der Waals surface area contributed by atoms with Crippen LogP contribution in [0.25, 0.3) is 0 Å². The monoisotopic (exact) mass is 265 g/mol. The zero-order valence-electron chi connectivity index (χ0n) is 10.3. The molecule has 2 atom stereocenters. The number of rotatable bonds is 7. The molecule has 0 fully saturated rings. The topological polar surface area (TPSA) is 101 Å². The van der Waals surface area contributed by atoms with Gasteiger partial charge in [-0.3, -0.25) is 4.79 Å². The van der Waals surface area contributed by atoms with Gasteiger partial charge in [0.25, 0.3) is 0 Å². The number of carbonyl (C=O) groups is 2. The Morgan fingerprint density at radius 3 is 2.18 bits per heavy atom. The molecule has 0 bridgehead atoms.